The molecule has 1 aliphatic carbocycles. The number of hydrogen-bond acceptors (Lipinski definition) is 7. The van der Waals surface area contributed by atoms with Crippen LogP contribution in [-0.2, 0) is 25.0 Å². The lowest BCUT2D eigenvalue weighted by Gasteiger charge is -2.36. The quantitative estimate of drug-likeness (QED) is 0.397. The summed E-state index contributed by atoms with van der Waals surface area (Å²) in [6, 6.07) is 9.98. The highest BCUT2D eigenvalue weighted by atomic mass is 32.2. The van der Waals surface area contributed by atoms with Crippen molar-refractivity contribution in [1.29, 1.82) is 0 Å². The summed E-state index contributed by atoms with van der Waals surface area (Å²) in [5.74, 6) is 0.551. The lowest BCUT2D eigenvalue weighted by molar-refractivity contribution is -0.119. The van der Waals surface area contributed by atoms with Crippen molar-refractivity contribution >= 4 is 26.0 Å². The van der Waals surface area contributed by atoms with Crippen LogP contribution < -0.4 is 0 Å². The van der Waals surface area contributed by atoms with Crippen LogP contribution in [0.25, 0.3) is 0 Å². The Hall–Kier alpha value is -1.41. The van der Waals surface area contributed by atoms with Crippen LogP contribution in [0.4, 0.5) is 0 Å². The Kier molecular flexibility index (Phi) is 13.4. The zero-order valence-electron chi connectivity index (χ0n) is 28.0. The summed E-state index contributed by atoms with van der Waals surface area (Å²) in [6.07, 6.45) is 8.96. The first-order valence-electron chi connectivity index (χ1n) is 17.1. The average Bonchev–Trinajstić information content (AvgIpc) is 3.03. The molecule has 12 heteroatoms. The Morgan fingerprint density at radius 3 is 1.91 bits per heavy atom. The Bertz CT molecular complexity index is 1280. The number of carbonyl (C=O) groups excluding carboxylic acids is 1. The molecule has 45 heavy (non-hydrogen) atoms. The van der Waals surface area contributed by atoms with E-state index < -0.39 is 25.5 Å². The van der Waals surface area contributed by atoms with E-state index in [1.165, 1.54) is 50.6 Å². The molecular weight excluding hydrogens is 611 g/mol. The van der Waals surface area contributed by atoms with E-state index in [0.29, 0.717) is 37.8 Å². The van der Waals surface area contributed by atoms with Gasteiger partial charge in [0.1, 0.15) is 0 Å². The molecule has 256 valence electrons. The molecule has 0 spiro atoms. The van der Waals surface area contributed by atoms with Crippen molar-refractivity contribution in [2.45, 2.75) is 88.8 Å². The molecule has 0 aromatic heterocycles. The zero-order chi connectivity index (χ0) is 32.6. The molecule has 0 radical (unpaired) electrons. The van der Waals surface area contributed by atoms with Crippen LogP contribution in [0, 0.1) is 5.92 Å². The SMILES string of the molecule is CC([C@@H](C)N(C)C)S(=O)(=O)N1CCCN(CC2CCCCC2)CCCN(S(=O)(=O)N2CCC(c3ccccc3)CC2)CC(=O)C1. The third kappa shape index (κ3) is 9.81. The monoisotopic (exact) mass is 667 g/mol. The molecule has 2 heterocycles. The lowest BCUT2D eigenvalue weighted by Crippen LogP contribution is -2.52. The van der Waals surface area contributed by atoms with E-state index >= 15 is 0 Å². The maximum absolute atomic E-state index is 14.0. The van der Waals surface area contributed by atoms with Crippen LogP contribution in [0.3, 0.4) is 0 Å². The van der Waals surface area contributed by atoms with E-state index in [-0.39, 0.29) is 38.0 Å². The van der Waals surface area contributed by atoms with Crippen molar-refractivity contribution < 1.29 is 21.6 Å². The lowest BCUT2D eigenvalue weighted by atomic mass is 9.89. The normalized spacial score (nSPS) is 24.2. The fraction of sp³-hybridized carbons (Fsp3) is 0.788. The summed E-state index contributed by atoms with van der Waals surface area (Å²) in [6.45, 7) is 6.68. The summed E-state index contributed by atoms with van der Waals surface area (Å²) in [5, 5.41) is -0.711. The number of ketones is 1. The van der Waals surface area contributed by atoms with Crippen LogP contribution in [0.15, 0.2) is 30.3 Å². The van der Waals surface area contributed by atoms with Gasteiger partial charge in [-0.3, -0.25) is 4.79 Å². The molecule has 1 aromatic carbocycles. The average molecular weight is 668 g/mol. The number of hydrogen-bond donors (Lipinski definition) is 0. The number of nitrogens with zero attached hydrogens (tertiary/aromatic N) is 5. The molecule has 1 aromatic rings. The van der Waals surface area contributed by atoms with Crippen LogP contribution in [0.2, 0.25) is 0 Å². The molecule has 3 fully saturated rings. The Labute approximate surface area is 273 Å². The van der Waals surface area contributed by atoms with E-state index in [1.807, 2.05) is 44.1 Å². The molecule has 3 aliphatic rings. The molecular formula is C33H57N5O5S2. The van der Waals surface area contributed by atoms with Crippen molar-refractivity contribution in [2.75, 3.05) is 73.0 Å². The van der Waals surface area contributed by atoms with Crippen LogP contribution in [0.1, 0.15) is 83.1 Å². The van der Waals surface area contributed by atoms with Gasteiger partial charge in [-0.2, -0.15) is 21.3 Å². The fourth-order valence-corrected chi connectivity index (χ4v) is 10.8. The molecule has 1 saturated carbocycles. The third-order valence-corrected chi connectivity index (χ3v) is 14.8. The molecule has 2 aliphatic heterocycles. The fourth-order valence-electron chi connectivity index (χ4n) is 7.20. The smallest absolute Gasteiger partial charge is 0.282 e. The third-order valence-electron chi connectivity index (χ3n) is 10.4. The highest BCUT2D eigenvalue weighted by Gasteiger charge is 2.38. The minimum absolute atomic E-state index is 0.245. The summed E-state index contributed by atoms with van der Waals surface area (Å²) in [4.78, 5) is 17.8. The molecule has 0 N–H and O–H groups in total. The number of Topliss-reactive ketones (excluding diaryl/α,β-unsaturated/α-hetero) is 1. The van der Waals surface area contributed by atoms with E-state index in [9.17, 15) is 21.6 Å². The van der Waals surface area contributed by atoms with Crippen molar-refractivity contribution in [3.8, 4) is 0 Å². The van der Waals surface area contributed by atoms with Crippen molar-refractivity contribution in [3.05, 3.63) is 35.9 Å². The minimum atomic E-state index is -3.90. The first-order valence-corrected chi connectivity index (χ1v) is 20.0. The highest BCUT2D eigenvalue weighted by molar-refractivity contribution is 7.89. The predicted molar refractivity (Wildman–Crippen MR) is 181 cm³/mol. The topological polar surface area (TPSA) is 102 Å². The van der Waals surface area contributed by atoms with Crippen LogP contribution in [-0.4, -0.2) is 130 Å². The second kappa shape index (κ2) is 16.6. The van der Waals surface area contributed by atoms with Gasteiger partial charge >= 0.3 is 0 Å². The largest absolute Gasteiger partial charge is 0.305 e. The van der Waals surface area contributed by atoms with Crippen LogP contribution >= 0.6 is 0 Å². The van der Waals surface area contributed by atoms with E-state index in [2.05, 4.69) is 17.0 Å². The Balaban J connectivity index is 1.52. The van der Waals surface area contributed by atoms with Crippen LogP contribution in [0.5, 0.6) is 0 Å². The van der Waals surface area contributed by atoms with Gasteiger partial charge in [0, 0.05) is 38.8 Å². The second-order valence-electron chi connectivity index (χ2n) is 13.8. The summed E-state index contributed by atoms with van der Waals surface area (Å²) >= 11 is 0. The molecule has 2 atom stereocenters. The summed E-state index contributed by atoms with van der Waals surface area (Å²) < 4.78 is 60.0. The Morgan fingerprint density at radius 2 is 1.31 bits per heavy atom. The number of benzene rings is 1. The first-order chi connectivity index (χ1) is 21.4. The molecule has 0 bridgehead atoms. The van der Waals surface area contributed by atoms with Gasteiger partial charge in [0.15, 0.2) is 5.78 Å². The van der Waals surface area contributed by atoms with Gasteiger partial charge in [0.25, 0.3) is 10.2 Å². The maximum Gasteiger partial charge on any atom is 0.282 e. The van der Waals surface area contributed by atoms with Crippen molar-refractivity contribution in [2.24, 2.45) is 5.92 Å². The van der Waals surface area contributed by atoms with Gasteiger partial charge in [-0.05, 0) is 97.0 Å². The van der Waals surface area contributed by atoms with E-state index in [1.54, 1.807) is 6.92 Å². The molecule has 2 saturated heterocycles. The number of rotatable bonds is 9. The number of sulfonamides is 1. The van der Waals surface area contributed by atoms with Gasteiger partial charge < -0.3 is 9.80 Å². The zero-order valence-corrected chi connectivity index (χ0v) is 29.7. The van der Waals surface area contributed by atoms with Gasteiger partial charge in [0.2, 0.25) is 10.0 Å². The summed E-state index contributed by atoms with van der Waals surface area (Å²) in [7, 11) is -4.00. The van der Waals surface area contributed by atoms with Crippen molar-refractivity contribution in [1.82, 2.24) is 22.7 Å². The first kappa shape index (κ1) is 36.4. The van der Waals surface area contributed by atoms with Gasteiger partial charge in [-0.15, -0.1) is 0 Å². The molecule has 0 amide bonds. The highest BCUT2D eigenvalue weighted by Crippen LogP contribution is 2.30. The molecule has 4 rings (SSSR count). The number of carbonyl (C=O) groups is 1. The van der Waals surface area contributed by atoms with E-state index in [4.69, 9.17) is 0 Å². The molecule has 1 unspecified atom stereocenters. The van der Waals surface area contributed by atoms with Crippen molar-refractivity contribution in [3.63, 3.8) is 0 Å². The maximum atomic E-state index is 14.0. The van der Waals surface area contributed by atoms with E-state index in [0.717, 1.165) is 32.5 Å². The molecule has 10 nitrogen and oxygen atoms in total. The second-order valence-corrected chi connectivity index (χ2v) is 18.0. The van der Waals surface area contributed by atoms with Gasteiger partial charge in [-0.1, -0.05) is 49.6 Å². The van der Waals surface area contributed by atoms with Gasteiger partial charge in [0.05, 0.1) is 18.3 Å². The van der Waals surface area contributed by atoms with Gasteiger partial charge in [-0.25, -0.2) is 8.42 Å². The number of piperidine rings is 1. The Morgan fingerprint density at radius 1 is 0.733 bits per heavy atom. The summed E-state index contributed by atoms with van der Waals surface area (Å²) in [5.41, 5.74) is 1.23. The standard InChI is InChI=1S/C33H57N5O5S2/c1-28(34(3)4)29(2)44(40,41)37-21-11-19-35(25-30-13-7-5-8-14-30)20-12-22-38(27-33(39)26-37)45(42,43)36-23-17-32(18-24-36)31-15-9-6-10-16-31/h6,9-10,15-16,28-30,32H,5,7-8,11-14,17-27H2,1-4H3/t28-,29?/m1/s1. The predicted octanol–water partition coefficient (Wildman–Crippen LogP) is 3.63. The minimum Gasteiger partial charge on any atom is -0.305 e.